The molecule has 13 heavy (non-hydrogen) atoms. The Morgan fingerprint density at radius 3 is 3.15 bits per heavy atom. The number of hydrogen-bond acceptors (Lipinski definition) is 4. The summed E-state index contributed by atoms with van der Waals surface area (Å²) in [5.74, 6) is 0.0491. The highest BCUT2D eigenvalue weighted by molar-refractivity contribution is 7.07. The minimum absolute atomic E-state index is 0.0491. The van der Waals surface area contributed by atoms with Gasteiger partial charge in [0.05, 0.1) is 23.8 Å². The molecule has 2 heterocycles. The topological polar surface area (TPSA) is 59.2 Å². The second kappa shape index (κ2) is 3.43. The van der Waals surface area contributed by atoms with Crippen molar-refractivity contribution in [1.82, 2.24) is 9.88 Å². The van der Waals surface area contributed by atoms with Gasteiger partial charge >= 0.3 is 0 Å². The van der Waals surface area contributed by atoms with Gasteiger partial charge in [0.25, 0.3) is 0 Å². The lowest BCUT2D eigenvalue weighted by atomic mass is 10.3. The van der Waals surface area contributed by atoms with Gasteiger partial charge in [0, 0.05) is 11.9 Å². The van der Waals surface area contributed by atoms with Crippen molar-refractivity contribution in [1.29, 1.82) is 0 Å². The molecule has 0 spiro atoms. The van der Waals surface area contributed by atoms with Gasteiger partial charge in [-0.15, -0.1) is 11.3 Å². The van der Waals surface area contributed by atoms with Crippen LogP contribution in [0.15, 0.2) is 10.9 Å². The van der Waals surface area contributed by atoms with Gasteiger partial charge in [0.1, 0.15) is 0 Å². The van der Waals surface area contributed by atoms with E-state index >= 15 is 0 Å². The summed E-state index contributed by atoms with van der Waals surface area (Å²) in [5, 5.41) is 1.96. The highest BCUT2D eigenvalue weighted by Crippen LogP contribution is 2.13. The third-order valence-corrected chi connectivity index (χ3v) is 2.81. The molecule has 2 rings (SSSR count). The number of carbonyl (C=O) groups is 1. The maximum atomic E-state index is 11.4. The summed E-state index contributed by atoms with van der Waals surface area (Å²) in [4.78, 5) is 17.3. The fourth-order valence-corrected chi connectivity index (χ4v) is 1.98. The number of thiazole rings is 1. The van der Waals surface area contributed by atoms with E-state index in [2.05, 4.69) is 4.98 Å². The Hall–Kier alpha value is -0.940. The maximum absolute atomic E-state index is 11.4. The van der Waals surface area contributed by atoms with Gasteiger partial charge < -0.3 is 10.6 Å². The summed E-state index contributed by atoms with van der Waals surface area (Å²) in [7, 11) is 0. The molecule has 0 bridgehead atoms. The lowest BCUT2D eigenvalue weighted by Crippen LogP contribution is -2.33. The van der Waals surface area contributed by atoms with E-state index in [4.69, 9.17) is 5.73 Å². The average Bonchev–Trinajstić information content (AvgIpc) is 2.71. The number of amides is 1. The molecule has 0 aliphatic carbocycles. The minimum atomic E-state index is -0.293. The van der Waals surface area contributed by atoms with E-state index in [0.717, 1.165) is 18.7 Å². The van der Waals surface area contributed by atoms with Gasteiger partial charge in [-0.1, -0.05) is 0 Å². The van der Waals surface area contributed by atoms with Crippen molar-refractivity contribution >= 4 is 17.2 Å². The van der Waals surface area contributed by atoms with Crippen LogP contribution in [0.2, 0.25) is 0 Å². The van der Waals surface area contributed by atoms with E-state index in [1.807, 2.05) is 5.38 Å². The molecule has 1 aromatic rings. The van der Waals surface area contributed by atoms with E-state index in [1.54, 1.807) is 21.7 Å². The number of aromatic nitrogens is 1. The van der Waals surface area contributed by atoms with Crippen molar-refractivity contribution < 1.29 is 4.79 Å². The third kappa shape index (κ3) is 1.71. The lowest BCUT2D eigenvalue weighted by Gasteiger charge is -2.13. The minimum Gasteiger partial charge on any atom is -0.335 e. The summed E-state index contributed by atoms with van der Waals surface area (Å²) >= 11 is 1.54. The Labute approximate surface area is 80.4 Å². The Morgan fingerprint density at radius 1 is 1.77 bits per heavy atom. The highest BCUT2D eigenvalue weighted by Gasteiger charge is 2.28. The van der Waals surface area contributed by atoms with E-state index < -0.39 is 0 Å². The van der Waals surface area contributed by atoms with Crippen LogP contribution in [0.4, 0.5) is 0 Å². The Kier molecular flexibility index (Phi) is 2.28. The van der Waals surface area contributed by atoms with Crippen LogP contribution in [0, 0.1) is 0 Å². The average molecular weight is 197 g/mol. The molecule has 1 amide bonds. The third-order valence-electron chi connectivity index (χ3n) is 2.18. The number of rotatable bonds is 2. The predicted molar refractivity (Wildman–Crippen MR) is 50.1 cm³/mol. The highest BCUT2D eigenvalue weighted by atomic mass is 32.1. The summed E-state index contributed by atoms with van der Waals surface area (Å²) in [5.41, 5.74) is 8.31. The zero-order valence-electron chi connectivity index (χ0n) is 7.14. The summed E-state index contributed by atoms with van der Waals surface area (Å²) in [6, 6.07) is -0.293. The molecule has 1 unspecified atom stereocenters. The quantitative estimate of drug-likeness (QED) is 0.737. The van der Waals surface area contributed by atoms with Gasteiger partial charge in [-0.05, 0) is 6.42 Å². The first kappa shape index (κ1) is 8.65. The van der Waals surface area contributed by atoms with Crippen LogP contribution >= 0.6 is 11.3 Å². The van der Waals surface area contributed by atoms with Gasteiger partial charge in [-0.2, -0.15) is 0 Å². The first-order chi connectivity index (χ1) is 6.27. The molecular weight excluding hydrogens is 186 g/mol. The SMILES string of the molecule is NC1CCN(Cc2cscn2)C1=O. The van der Waals surface area contributed by atoms with Crippen molar-refractivity contribution in [2.24, 2.45) is 5.73 Å². The Bertz CT molecular complexity index is 298. The molecule has 1 fully saturated rings. The van der Waals surface area contributed by atoms with E-state index in [-0.39, 0.29) is 11.9 Å². The maximum Gasteiger partial charge on any atom is 0.239 e. The van der Waals surface area contributed by atoms with Gasteiger partial charge in [0.15, 0.2) is 0 Å². The summed E-state index contributed by atoms with van der Waals surface area (Å²) in [6.45, 7) is 1.37. The van der Waals surface area contributed by atoms with Gasteiger partial charge in [-0.3, -0.25) is 4.79 Å². The van der Waals surface area contributed by atoms with Crippen LogP contribution in [-0.2, 0) is 11.3 Å². The standard InChI is InChI=1S/C8H11N3OS/c9-7-1-2-11(8(7)12)3-6-4-13-5-10-6/h4-5,7H,1-3,9H2. The monoisotopic (exact) mass is 197 g/mol. The molecule has 0 aromatic carbocycles. The summed E-state index contributed by atoms with van der Waals surface area (Å²) < 4.78 is 0. The molecule has 1 saturated heterocycles. The van der Waals surface area contributed by atoms with Crippen LogP contribution in [0.1, 0.15) is 12.1 Å². The second-order valence-corrected chi connectivity index (χ2v) is 3.85. The second-order valence-electron chi connectivity index (χ2n) is 3.13. The molecule has 5 heteroatoms. The zero-order valence-corrected chi connectivity index (χ0v) is 7.96. The Morgan fingerprint density at radius 2 is 2.62 bits per heavy atom. The molecule has 1 aliphatic heterocycles. The number of carbonyl (C=O) groups excluding carboxylic acids is 1. The number of hydrogen-bond donors (Lipinski definition) is 1. The summed E-state index contributed by atoms with van der Waals surface area (Å²) in [6.07, 6.45) is 0.767. The first-order valence-electron chi connectivity index (χ1n) is 4.19. The van der Waals surface area contributed by atoms with Crippen LogP contribution in [0.3, 0.4) is 0 Å². The first-order valence-corrected chi connectivity index (χ1v) is 5.13. The fraction of sp³-hybridized carbons (Fsp3) is 0.500. The van der Waals surface area contributed by atoms with Gasteiger partial charge in [0.2, 0.25) is 5.91 Å². The predicted octanol–water partition coefficient (Wildman–Crippen LogP) is 0.203. The number of likely N-dealkylation sites (tertiary alicyclic amines) is 1. The largest absolute Gasteiger partial charge is 0.335 e. The normalized spacial score (nSPS) is 22.7. The van der Waals surface area contributed by atoms with Crippen LogP contribution in [0.5, 0.6) is 0 Å². The Balaban J connectivity index is 2.00. The van der Waals surface area contributed by atoms with E-state index in [0.29, 0.717) is 6.54 Å². The molecule has 2 N–H and O–H groups in total. The van der Waals surface area contributed by atoms with Crippen molar-refractivity contribution in [2.75, 3.05) is 6.54 Å². The van der Waals surface area contributed by atoms with E-state index in [1.165, 1.54) is 0 Å². The fourth-order valence-electron chi connectivity index (χ4n) is 1.43. The van der Waals surface area contributed by atoms with Crippen LogP contribution in [-0.4, -0.2) is 28.4 Å². The molecular formula is C8H11N3OS. The zero-order chi connectivity index (χ0) is 9.26. The van der Waals surface area contributed by atoms with Crippen molar-refractivity contribution in [3.05, 3.63) is 16.6 Å². The smallest absolute Gasteiger partial charge is 0.239 e. The van der Waals surface area contributed by atoms with Gasteiger partial charge in [-0.25, -0.2) is 4.98 Å². The number of nitrogens with zero attached hydrogens (tertiary/aromatic N) is 2. The molecule has 1 aliphatic rings. The van der Waals surface area contributed by atoms with Crippen molar-refractivity contribution in [2.45, 2.75) is 19.0 Å². The van der Waals surface area contributed by atoms with Crippen LogP contribution < -0.4 is 5.73 Å². The molecule has 1 aromatic heterocycles. The lowest BCUT2D eigenvalue weighted by molar-refractivity contribution is -0.129. The molecule has 0 radical (unpaired) electrons. The van der Waals surface area contributed by atoms with Crippen molar-refractivity contribution in [3.63, 3.8) is 0 Å². The van der Waals surface area contributed by atoms with E-state index in [9.17, 15) is 4.79 Å². The molecule has 0 saturated carbocycles. The molecule has 4 nitrogen and oxygen atoms in total. The molecule has 70 valence electrons. The van der Waals surface area contributed by atoms with Crippen molar-refractivity contribution in [3.8, 4) is 0 Å². The number of nitrogens with two attached hydrogens (primary N) is 1. The molecule has 1 atom stereocenters. The van der Waals surface area contributed by atoms with Crippen LogP contribution in [0.25, 0.3) is 0 Å².